The Bertz CT molecular complexity index is 817. The van der Waals surface area contributed by atoms with Gasteiger partial charge in [0.1, 0.15) is 0 Å². The average Bonchev–Trinajstić information content (AvgIpc) is 3.41. The van der Waals surface area contributed by atoms with Crippen molar-refractivity contribution in [1.82, 2.24) is 15.6 Å². The summed E-state index contributed by atoms with van der Waals surface area (Å²) in [6, 6.07) is 10.4. The minimum Gasteiger partial charge on any atom is -0.360 e. The highest BCUT2D eigenvalue weighted by atomic mass is 16.1. The molecular weight excluding hydrogens is 324 g/mol. The Balaban J connectivity index is 1.41. The van der Waals surface area contributed by atoms with Crippen LogP contribution in [0.2, 0.25) is 0 Å². The van der Waals surface area contributed by atoms with Crippen LogP contribution in [0.4, 0.5) is 0 Å². The number of rotatable bonds is 6. The third-order valence-corrected chi connectivity index (χ3v) is 5.89. The molecule has 2 aliphatic rings. The second kappa shape index (κ2) is 7.51. The molecule has 2 aliphatic carbocycles. The van der Waals surface area contributed by atoms with Crippen LogP contribution < -0.4 is 10.6 Å². The van der Waals surface area contributed by atoms with Crippen molar-refractivity contribution in [3.63, 3.8) is 0 Å². The third kappa shape index (κ3) is 3.61. The van der Waals surface area contributed by atoms with E-state index in [2.05, 4.69) is 21.7 Å². The van der Waals surface area contributed by atoms with Crippen LogP contribution in [-0.2, 0) is 0 Å². The standard InChI is InChI=1S/C21H26N4O/c22-11-20(14-9-10-14)23-12-15-5-1-3-7-18(15)25-21(26)17-13-24-19-8-4-2-6-16(17)19/h2,4,6,8,13-15,18,20,23-24H,1,3,5,7,9-10,12H2,(H,25,26)/t15-,18+,20?/m1/s1. The molecule has 1 aromatic heterocycles. The number of nitrogens with one attached hydrogen (secondary N) is 3. The van der Waals surface area contributed by atoms with Crippen LogP contribution in [0.1, 0.15) is 48.9 Å². The maximum absolute atomic E-state index is 12.8. The maximum Gasteiger partial charge on any atom is 0.253 e. The van der Waals surface area contributed by atoms with Crippen LogP contribution in [0, 0.1) is 23.2 Å². The zero-order chi connectivity index (χ0) is 17.9. The van der Waals surface area contributed by atoms with Gasteiger partial charge in [-0.1, -0.05) is 31.0 Å². The number of fused-ring (bicyclic) bond motifs is 1. The van der Waals surface area contributed by atoms with E-state index >= 15 is 0 Å². The molecular formula is C21H26N4O. The molecule has 1 amide bonds. The molecule has 5 heteroatoms. The number of nitrogens with zero attached hydrogens (tertiary/aromatic N) is 1. The fraction of sp³-hybridized carbons (Fsp3) is 0.524. The number of para-hydroxylation sites is 1. The van der Waals surface area contributed by atoms with Crippen molar-refractivity contribution in [2.45, 2.75) is 50.6 Å². The first-order valence-electron chi connectivity index (χ1n) is 9.76. The summed E-state index contributed by atoms with van der Waals surface area (Å²) in [5, 5.41) is 17.0. The summed E-state index contributed by atoms with van der Waals surface area (Å²) in [4.78, 5) is 16.0. The van der Waals surface area contributed by atoms with Gasteiger partial charge in [0.2, 0.25) is 0 Å². The molecule has 2 fully saturated rings. The number of H-pyrrole nitrogens is 1. The van der Waals surface area contributed by atoms with Crippen LogP contribution in [-0.4, -0.2) is 29.5 Å². The van der Waals surface area contributed by atoms with Crippen molar-refractivity contribution in [3.8, 4) is 6.07 Å². The first kappa shape index (κ1) is 17.1. The number of aromatic amines is 1. The minimum absolute atomic E-state index is 0.00150. The number of benzene rings is 1. The van der Waals surface area contributed by atoms with Gasteiger partial charge in [-0.3, -0.25) is 4.79 Å². The van der Waals surface area contributed by atoms with E-state index in [4.69, 9.17) is 0 Å². The van der Waals surface area contributed by atoms with E-state index < -0.39 is 0 Å². The molecule has 136 valence electrons. The lowest BCUT2D eigenvalue weighted by Crippen LogP contribution is -2.47. The summed E-state index contributed by atoms with van der Waals surface area (Å²) in [7, 11) is 0. The third-order valence-electron chi connectivity index (χ3n) is 5.89. The van der Waals surface area contributed by atoms with Gasteiger partial charge in [0.15, 0.2) is 0 Å². The van der Waals surface area contributed by atoms with Gasteiger partial charge in [-0.15, -0.1) is 0 Å². The van der Waals surface area contributed by atoms with Gasteiger partial charge < -0.3 is 15.6 Å². The van der Waals surface area contributed by atoms with Crippen molar-refractivity contribution in [1.29, 1.82) is 5.26 Å². The summed E-state index contributed by atoms with van der Waals surface area (Å²) in [5.41, 5.74) is 1.70. The first-order chi connectivity index (χ1) is 12.8. The van der Waals surface area contributed by atoms with E-state index in [0.29, 0.717) is 17.4 Å². The fourth-order valence-electron chi connectivity index (χ4n) is 4.17. The van der Waals surface area contributed by atoms with Crippen molar-refractivity contribution in [2.24, 2.45) is 11.8 Å². The van der Waals surface area contributed by atoms with E-state index in [-0.39, 0.29) is 18.0 Å². The quantitative estimate of drug-likeness (QED) is 0.747. The lowest BCUT2D eigenvalue weighted by molar-refractivity contribution is 0.0906. The van der Waals surface area contributed by atoms with Crippen molar-refractivity contribution >= 4 is 16.8 Å². The maximum atomic E-state index is 12.8. The molecule has 4 rings (SSSR count). The fourth-order valence-corrected chi connectivity index (χ4v) is 4.17. The van der Waals surface area contributed by atoms with Crippen LogP contribution >= 0.6 is 0 Å². The smallest absolute Gasteiger partial charge is 0.253 e. The number of carbonyl (C=O) groups is 1. The predicted octanol–water partition coefficient (Wildman–Crippen LogP) is 3.35. The molecule has 0 spiro atoms. The second-order valence-corrected chi connectivity index (χ2v) is 7.72. The molecule has 5 nitrogen and oxygen atoms in total. The van der Waals surface area contributed by atoms with Crippen molar-refractivity contribution in [3.05, 3.63) is 36.0 Å². The zero-order valence-corrected chi connectivity index (χ0v) is 15.0. The summed E-state index contributed by atoms with van der Waals surface area (Å²) in [6.45, 7) is 0.813. The highest BCUT2D eigenvalue weighted by molar-refractivity contribution is 6.06. The Morgan fingerprint density at radius 2 is 2.04 bits per heavy atom. The van der Waals surface area contributed by atoms with Gasteiger partial charge in [-0.2, -0.15) is 5.26 Å². The number of amides is 1. The van der Waals surface area contributed by atoms with E-state index in [0.717, 1.165) is 49.6 Å². The van der Waals surface area contributed by atoms with Gasteiger partial charge in [-0.25, -0.2) is 0 Å². The van der Waals surface area contributed by atoms with Gasteiger partial charge >= 0.3 is 0 Å². The van der Waals surface area contributed by atoms with E-state index in [1.54, 1.807) is 6.20 Å². The van der Waals surface area contributed by atoms with Crippen LogP contribution in [0.3, 0.4) is 0 Å². The number of carbonyl (C=O) groups excluding carboxylic acids is 1. The molecule has 26 heavy (non-hydrogen) atoms. The number of nitriles is 1. The normalized spacial score (nSPS) is 24.1. The number of hydrogen-bond donors (Lipinski definition) is 3. The highest BCUT2D eigenvalue weighted by Gasteiger charge is 2.33. The molecule has 2 aromatic rings. The largest absolute Gasteiger partial charge is 0.360 e. The minimum atomic E-state index is -0.0260. The van der Waals surface area contributed by atoms with Crippen LogP contribution in [0.15, 0.2) is 30.5 Å². The topological polar surface area (TPSA) is 80.7 Å². The molecule has 0 radical (unpaired) electrons. The number of aromatic nitrogens is 1. The molecule has 1 aromatic carbocycles. The lowest BCUT2D eigenvalue weighted by Gasteiger charge is -2.33. The summed E-state index contributed by atoms with van der Waals surface area (Å²) in [6.07, 6.45) is 8.60. The Labute approximate surface area is 154 Å². The van der Waals surface area contributed by atoms with E-state index in [1.165, 1.54) is 6.42 Å². The highest BCUT2D eigenvalue weighted by Crippen LogP contribution is 2.33. The summed E-state index contributed by atoms with van der Waals surface area (Å²) < 4.78 is 0. The summed E-state index contributed by atoms with van der Waals surface area (Å²) >= 11 is 0. The molecule has 0 saturated heterocycles. The molecule has 2 saturated carbocycles. The molecule has 3 N–H and O–H groups in total. The Morgan fingerprint density at radius 3 is 2.85 bits per heavy atom. The van der Waals surface area contributed by atoms with Gasteiger partial charge in [0, 0.05) is 29.7 Å². The van der Waals surface area contributed by atoms with Crippen LogP contribution in [0.5, 0.6) is 0 Å². The zero-order valence-electron chi connectivity index (χ0n) is 15.0. The molecule has 3 atom stereocenters. The van der Waals surface area contributed by atoms with Gasteiger partial charge in [0.05, 0.1) is 17.7 Å². The second-order valence-electron chi connectivity index (χ2n) is 7.72. The lowest BCUT2D eigenvalue weighted by atomic mass is 9.84. The van der Waals surface area contributed by atoms with E-state index in [9.17, 15) is 10.1 Å². The molecule has 1 unspecified atom stereocenters. The number of hydrogen-bond acceptors (Lipinski definition) is 3. The van der Waals surface area contributed by atoms with Gasteiger partial charge in [0.25, 0.3) is 5.91 Å². The van der Waals surface area contributed by atoms with Gasteiger partial charge in [-0.05, 0) is 43.6 Å². The Kier molecular flexibility index (Phi) is 4.94. The molecule has 0 bridgehead atoms. The molecule has 0 aliphatic heterocycles. The van der Waals surface area contributed by atoms with E-state index in [1.807, 2.05) is 24.3 Å². The molecule has 1 heterocycles. The average molecular weight is 350 g/mol. The van der Waals surface area contributed by atoms with Crippen molar-refractivity contribution < 1.29 is 4.79 Å². The SMILES string of the molecule is N#CC(NC[C@H]1CCCC[C@@H]1NC(=O)c1c[nH]c2ccccc12)C1CC1. The monoisotopic (exact) mass is 350 g/mol. The Hall–Kier alpha value is -2.32. The first-order valence-corrected chi connectivity index (χ1v) is 9.76. The van der Waals surface area contributed by atoms with Crippen molar-refractivity contribution in [2.75, 3.05) is 6.54 Å². The summed E-state index contributed by atoms with van der Waals surface area (Å²) in [5.74, 6) is 0.925. The predicted molar refractivity (Wildman–Crippen MR) is 102 cm³/mol. The Morgan fingerprint density at radius 1 is 1.23 bits per heavy atom. The van der Waals surface area contributed by atoms with Crippen LogP contribution in [0.25, 0.3) is 10.9 Å².